The summed E-state index contributed by atoms with van der Waals surface area (Å²) in [5.41, 5.74) is 0.645. The summed E-state index contributed by atoms with van der Waals surface area (Å²) in [5.74, 6) is 0.378. The second-order valence-corrected chi connectivity index (χ2v) is 6.43. The van der Waals surface area contributed by atoms with Gasteiger partial charge in [0.1, 0.15) is 10.6 Å². The van der Waals surface area contributed by atoms with Gasteiger partial charge in [0, 0.05) is 13.0 Å². The third-order valence-corrected chi connectivity index (χ3v) is 3.55. The summed E-state index contributed by atoms with van der Waals surface area (Å²) in [7, 11) is -2.49. The van der Waals surface area contributed by atoms with Gasteiger partial charge in [-0.2, -0.15) is 0 Å². The average molecular weight is 300 g/mol. The molecule has 0 unspecified atom stereocenters. The number of nitrogens with two attached hydrogens (primary N) is 1. The highest BCUT2D eigenvalue weighted by atomic mass is 32.2. The molecular formula is C13H20N2O4S. The van der Waals surface area contributed by atoms with E-state index in [1.807, 2.05) is 13.8 Å². The van der Waals surface area contributed by atoms with Crippen LogP contribution in [0.4, 0.5) is 0 Å². The smallest absolute Gasteiger partial charge is 0.241 e. The van der Waals surface area contributed by atoms with Crippen LogP contribution in [-0.2, 0) is 21.4 Å². The van der Waals surface area contributed by atoms with Crippen molar-refractivity contribution in [1.82, 2.24) is 5.32 Å². The van der Waals surface area contributed by atoms with E-state index in [9.17, 15) is 13.2 Å². The Morgan fingerprint density at radius 3 is 2.55 bits per heavy atom. The van der Waals surface area contributed by atoms with Crippen LogP contribution >= 0.6 is 0 Å². The van der Waals surface area contributed by atoms with E-state index >= 15 is 0 Å². The van der Waals surface area contributed by atoms with Crippen LogP contribution < -0.4 is 15.2 Å². The molecule has 20 heavy (non-hydrogen) atoms. The van der Waals surface area contributed by atoms with E-state index in [1.54, 1.807) is 6.07 Å². The molecule has 1 amide bonds. The van der Waals surface area contributed by atoms with Gasteiger partial charge in [0.05, 0.1) is 7.11 Å². The molecule has 0 aliphatic rings. The van der Waals surface area contributed by atoms with Gasteiger partial charge in [-0.05, 0) is 23.6 Å². The molecule has 0 fully saturated rings. The van der Waals surface area contributed by atoms with Gasteiger partial charge < -0.3 is 10.1 Å². The molecule has 6 nitrogen and oxygen atoms in total. The molecule has 0 aromatic heterocycles. The van der Waals surface area contributed by atoms with Crippen molar-refractivity contribution in [2.45, 2.75) is 31.7 Å². The number of sulfonamides is 1. The summed E-state index contributed by atoms with van der Waals surface area (Å²) in [4.78, 5) is 11.5. The fourth-order valence-corrected chi connectivity index (χ4v) is 2.44. The van der Waals surface area contributed by atoms with Crippen LogP contribution in [0.1, 0.15) is 25.8 Å². The number of hydrogen-bond acceptors (Lipinski definition) is 4. The first-order valence-corrected chi connectivity index (χ1v) is 7.75. The van der Waals surface area contributed by atoms with E-state index in [0.29, 0.717) is 12.0 Å². The highest BCUT2D eigenvalue weighted by Crippen LogP contribution is 2.23. The van der Waals surface area contributed by atoms with E-state index in [2.05, 4.69) is 5.32 Å². The topological polar surface area (TPSA) is 98.5 Å². The molecule has 0 aliphatic heterocycles. The van der Waals surface area contributed by atoms with Gasteiger partial charge in [0.2, 0.25) is 15.9 Å². The molecule has 0 bridgehead atoms. The van der Waals surface area contributed by atoms with Crippen LogP contribution in [0.3, 0.4) is 0 Å². The highest BCUT2D eigenvalue weighted by Gasteiger charge is 2.15. The summed E-state index contributed by atoms with van der Waals surface area (Å²) in [6, 6.07) is 4.61. The number of carbonyl (C=O) groups is 1. The molecule has 0 aliphatic carbocycles. The SMILES string of the molecule is COc1ccc(CNC(=O)CC(C)C)cc1S(N)(=O)=O. The van der Waals surface area contributed by atoms with Gasteiger partial charge in [-0.15, -0.1) is 0 Å². The largest absolute Gasteiger partial charge is 0.495 e. The number of rotatable bonds is 6. The Morgan fingerprint density at radius 1 is 1.40 bits per heavy atom. The maximum Gasteiger partial charge on any atom is 0.241 e. The Labute approximate surface area is 119 Å². The quantitative estimate of drug-likeness (QED) is 0.819. The number of primary sulfonamides is 1. The summed E-state index contributed by atoms with van der Waals surface area (Å²) in [6.45, 7) is 4.15. The van der Waals surface area contributed by atoms with Gasteiger partial charge in [-0.25, -0.2) is 13.6 Å². The molecule has 0 saturated carbocycles. The van der Waals surface area contributed by atoms with Crippen molar-refractivity contribution in [1.29, 1.82) is 0 Å². The first kappa shape index (κ1) is 16.5. The normalized spacial score (nSPS) is 11.4. The summed E-state index contributed by atoms with van der Waals surface area (Å²) in [6.07, 6.45) is 0.429. The molecule has 0 saturated heterocycles. The zero-order chi connectivity index (χ0) is 15.3. The minimum absolute atomic E-state index is 0.0760. The van der Waals surface area contributed by atoms with E-state index in [1.165, 1.54) is 19.2 Å². The number of methoxy groups -OCH3 is 1. The third-order valence-electron chi connectivity index (χ3n) is 2.62. The van der Waals surface area contributed by atoms with Crippen LogP contribution in [0.2, 0.25) is 0 Å². The number of ether oxygens (including phenoxy) is 1. The van der Waals surface area contributed by atoms with E-state index in [-0.39, 0.29) is 29.0 Å². The molecule has 0 heterocycles. The molecule has 112 valence electrons. The molecule has 0 radical (unpaired) electrons. The van der Waals surface area contributed by atoms with Crippen molar-refractivity contribution in [3.8, 4) is 5.75 Å². The number of nitrogens with one attached hydrogen (secondary N) is 1. The average Bonchev–Trinajstić information content (AvgIpc) is 2.34. The lowest BCUT2D eigenvalue weighted by molar-refractivity contribution is -0.121. The fraction of sp³-hybridized carbons (Fsp3) is 0.462. The highest BCUT2D eigenvalue weighted by molar-refractivity contribution is 7.89. The molecule has 3 N–H and O–H groups in total. The number of amides is 1. The predicted molar refractivity (Wildman–Crippen MR) is 75.7 cm³/mol. The van der Waals surface area contributed by atoms with Crippen molar-refractivity contribution in [2.75, 3.05) is 7.11 Å². The summed E-state index contributed by atoms with van der Waals surface area (Å²) >= 11 is 0. The van der Waals surface area contributed by atoms with Crippen molar-refractivity contribution in [3.63, 3.8) is 0 Å². The van der Waals surface area contributed by atoms with Crippen LogP contribution in [0.5, 0.6) is 5.75 Å². The molecule has 0 atom stereocenters. The maximum absolute atomic E-state index is 11.6. The number of hydrogen-bond donors (Lipinski definition) is 2. The number of benzene rings is 1. The van der Waals surface area contributed by atoms with E-state index in [0.717, 1.165) is 0 Å². The lowest BCUT2D eigenvalue weighted by Gasteiger charge is -2.10. The lowest BCUT2D eigenvalue weighted by Crippen LogP contribution is -2.24. The van der Waals surface area contributed by atoms with E-state index in [4.69, 9.17) is 9.88 Å². The second kappa shape index (κ2) is 6.71. The van der Waals surface area contributed by atoms with Gasteiger partial charge in [-0.1, -0.05) is 19.9 Å². The van der Waals surface area contributed by atoms with Crippen molar-refractivity contribution >= 4 is 15.9 Å². The number of carbonyl (C=O) groups excluding carboxylic acids is 1. The van der Waals surface area contributed by atoms with Crippen LogP contribution in [0.25, 0.3) is 0 Å². The first-order chi connectivity index (χ1) is 9.24. The minimum atomic E-state index is -3.86. The van der Waals surface area contributed by atoms with Crippen LogP contribution in [-0.4, -0.2) is 21.4 Å². The molecule has 1 rings (SSSR count). The molecule has 1 aromatic rings. The Bertz CT molecular complexity index is 582. The summed E-state index contributed by atoms with van der Waals surface area (Å²) in [5, 5.41) is 7.86. The molecule has 7 heteroatoms. The zero-order valence-electron chi connectivity index (χ0n) is 11.8. The predicted octanol–water partition coefficient (Wildman–Crippen LogP) is 1.00. The minimum Gasteiger partial charge on any atom is -0.495 e. The van der Waals surface area contributed by atoms with Gasteiger partial charge in [-0.3, -0.25) is 4.79 Å². The Morgan fingerprint density at radius 2 is 2.05 bits per heavy atom. The molecule has 0 spiro atoms. The third kappa shape index (κ3) is 4.82. The first-order valence-electron chi connectivity index (χ1n) is 6.20. The van der Waals surface area contributed by atoms with Gasteiger partial charge in [0.15, 0.2) is 0 Å². The zero-order valence-corrected chi connectivity index (χ0v) is 12.7. The van der Waals surface area contributed by atoms with Gasteiger partial charge >= 0.3 is 0 Å². The molecular weight excluding hydrogens is 280 g/mol. The monoisotopic (exact) mass is 300 g/mol. The van der Waals surface area contributed by atoms with Gasteiger partial charge in [0.25, 0.3) is 0 Å². The Kier molecular flexibility index (Phi) is 5.52. The van der Waals surface area contributed by atoms with Crippen LogP contribution in [0.15, 0.2) is 23.1 Å². The van der Waals surface area contributed by atoms with Crippen molar-refractivity contribution < 1.29 is 17.9 Å². The Hall–Kier alpha value is -1.60. The second-order valence-electron chi connectivity index (χ2n) is 4.90. The summed E-state index contributed by atoms with van der Waals surface area (Å²) < 4.78 is 27.9. The lowest BCUT2D eigenvalue weighted by atomic mass is 10.1. The van der Waals surface area contributed by atoms with Crippen LogP contribution in [0, 0.1) is 5.92 Å². The molecule has 1 aromatic carbocycles. The Balaban J connectivity index is 2.86. The maximum atomic E-state index is 11.6. The standard InChI is InChI=1S/C13H20N2O4S/c1-9(2)6-13(16)15-8-10-4-5-11(19-3)12(7-10)20(14,17)18/h4-5,7,9H,6,8H2,1-3H3,(H,15,16)(H2,14,17,18). The van der Waals surface area contributed by atoms with E-state index < -0.39 is 10.0 Å². The fourth-order valence-electron chi connectivity index (χ4n) is 1.70. The van der Waals surface area contributed by atoms with Crippen molar-refractivity contribution in [2.24, 2.45) is 11.1 Å². The van der Waals surface area contributed by atoms with Crippen molar-refractivity contribution in [3.05, 3.63) is 23.8 Å².